The van der Waals surface area contributed by atoms with Gasteiger partial charge in [0.2, 0.25) is 0 Å². The normalized spacial score (nSPS) is 44.3. The minimum absolute atomic E-state index is 0.777. The summed E-state index contributed by atoms with van der Waals surface area (Å²) in [7, 11) is 3.18. The molecule has 3 aliphatic rings. The van der Waals surface area contributed by atoms with Crippen LogP contribution in [0.5, 0.6) is 0 Å². The Hall–Kier alpha value is -0.283. The van der Waals surface area contributed by atoms with Crippen LogP contribution in [0.25, 0.3) is 0 Å². The summed E-state index contributed by atoms with van der Waals surface area (Å²) < 4.78 is 0. The zero-order valence-corrected chi connectivity index (χ0v) is 15.1. The molecule has 0 saturated heterocycles. The SMILES string of the molecule is CN[Si](C)(C)C1C2CCCC(C)C2C2C=C(C)N(C)C21. The zero-order valence-electron chi connectivity index (χ0n) is 14.1. The summed E-state index contributed by atoms with van der Waals surface area (Å²) in [5.41, 5.74) is 2.42. The summed E-state index contributed by atoms with van der Waals surface area (Å²) in [5.74, 6) is 3.65. The van der Waals surface area contributed by atoms with Crippen LogP contribution in [0.15, 0.2) is 11.8 Å². The highest BCUT2D eigenvalue weighted by Gasteiger charge is 2.59. The minimum Gasteiger partial charge on any atom is -0.375 e. The Kier molecular flexibility index (Phi) is 3.57. The van der Waals surface area contributed by atoms with E-state index in [9.17, 15) is 0 Å². The molecule has 20 heavy (non-hydrogen) atoms. The standard InChI is InChI=1S/C17H32N2Si/c1-11-8-7-9-13-15(11)14-10-12(2)19(4)16(14)17(13)20(5,6)18-3/h10-11,13-18H,7-9H2,1-6H3. The van der Waals surface area contributed by atoms with E-state index < -0.39 is 8.24 Å². The lowest BCUT2D eigenvalue weighted by Gasteiger charge is -2.42. The topological polar surface area (TPSA) is 15.3 Å². The fourth-order valence-corrected chi connectivity index (χ4v) is 8.85. The molecule has 2 nitrogen and oxygen atoms in total. The van der Waals surface area contributed by atoms with E-state index in [4.69, 9.17) is 0 Å². The minimum atomic E-state index is -1.36. The Morgan fingerprint density at radius 3 is 2.65 bits per heavy atom. The lowest BCUT2D eigenvalue weighted by atomic mass is 9.71. The fourth-order valence-electron chi connectivity index (χ4n) is 5.76. The van der Waals surface area contributed by atoms with Gasteiger partial charge in [0.1, 0.15) is 8.24 Å². The molecular weight excluding hydrogens is 260 g/mol. The van der Waals surface area contributed by atoms with Crippen LogP contribution in [0.2, 0.25) is 18.6 Å². The van der Waals surface area contributed by atoms with Gasteiger partial charge >= 0.3 is 0 Å². The molecule has 0 aromatic rings. The molecule has 6 atom stereocenters. The third-order valence-electron chi connectivity index (χ3n) is 6.93. The van der Waals surface area contributed by atoms with E-state index in [1.165, 1.54) is 25.0 Å². The molecule has 6 unspecified atom stereocenters. The Balaban J connectivity index is 2.01. The summed E-state index contributed by atoms with van der Waals surface area (Å²) in [6.07, 6.45) is 7.00. The number of allylic oxidation sites excluding steroid dienone is 1. The molecule has 0 aromatic heterocycles. The van der Waals surface area contributed by atoms with E-state index in [1.807, 2.05) is 0 Å². The molecule has 0 radical (unpaired) electrons. The maximum atomic E-state index is 3.77. The van der Waals surface area contributed by atoms with Crippen LogP contribution in [0.3, 0.4) is 0 Å². The maximum absolute atomic E-state index is 3.77. The highest BCUT2D eigenvalue weighted by molar-refractivity contribution is 6.76. The van der Waals surface area contributed by atoms with E-state index in [0.29, 0.717) is 0 Å². The van der Waals surface area contributed by atoms with Crippen molar-refractivity contribution in [3.63, 3.8) is 0 Å². The van der Waals surface area contributed by atoms with Gasteiger partial charge in [0.05, 0.1) is 0 Å². The lowest BCUT2D eigenvalue weighted by Crippen LogP contribution is -2.53. The van der Waals surface area contributed by atoms with E-state index in [0.717, 1.165) is 35.3 Å². The van der Waals surface area contributed by atoms with Crippen molar-refractivity contribution in [1.82, 2.24) is 9.88 Å². The van der Waals surface area contributed by atoms with Crippen LogP contribution in [-0.2, 0) is 0 Å². The zero-order chi connectivity index (χ0) is 14.7. The van der Waals surface area contributed by atoms with Crippen LogP contribution in [0, 0.1) is 23.7 Å². The van der Waals surface area contributed by atoms with Crippen molar-refractivity contribution in [3.05, 3.63) is 11.8 Å². The van der Waals surface area contributed by atoms with Gasteiger partial charge in [-0.2, -0.15) is 0 Å². The average molecular weight is 293 g/mol. The Morgan fingerprint density at radius 2 is 2.00 bits per heavy atom. The molecule has 1 heterocycles. The first kappa shape index (κ1) is 14.6. The molecule has 2 aliphatic carbocycles. The van der Waals surface area contributed by atoms with Gasteiger partial charge in [-0.05, 0) is 37.3 Å². The monoisotopic (exact) mass is 292 g/mol. The van der Waals surface area contributed by atoms with Crippen molar-refractivity contribution in [2.45, 2.75) is 57.8 Å². The Labute approximate surface area is 126 Å². The van der Waals surface area contributed by atoms with Crippen molar-refractivity contribution in [2.75, 3.05) is 14.1 Å². The van der Waals surface area contributed by atoms with Crippen molar-refractivity contribution in [2.24, 2.45) is 23.7 Å². The number of rotatable bonds is 2. The van der Waals surface area contributed by atoms with Crippen LogP contribution in [0.1, 0.15) is 33.1 Å². The maximum Gasteiger partial charge on any atom is 0.124 e. The lowest BCUT2D eigenvalue weighted by molar-refractivity contribution is 0.170. The van der Waals surface area contributed by atoms with E-state index in [-0.39, 0.29) is 0 Å². The fraction of sp³-hybridized carbons (Fsp3) is 0.882. The number of hydrogen-bond acceptors (Lipinski definition) is 2. The van der Waals surface area contributed by atoms with Gasteiger partial charge in [-0.15, -0.1) is 0 Å². The second-order valence-corrected chi connectivity index (χ2v) is 12.7. The molecule has 0 bridgehead atoms. The summed E-state index contributed by atoms with van der Waals surface area (Å²) in [4.78, 5) is 6.39. The van der Waals surface area contributed by atoms with Crippen LogP contribution < -0.4 is 4.98 Å². The molecule has 2 saturated carbocycles. The molecule has 1 N–H and O–H groups in total. The predicted octanol–water partition coefficient (Wildman–Crippen LogP) is 3.68. The highest BCUT2D eigenvalue weighted by atomic mass is 28.3. The average Bonchev–Trinajstić information content (AvgIpc) is 2.87. The summed E-state index contributed by atoms with van der Waals surface area (Å²) in [6, 6.07) is 0.777. The molecule has 114 valence electrons. The molecule has 2 fully saturated rings. The second kappa shape index (κ2) is 4.87. The predicted molar refractivity (Wildman–Crippen MR) is 89.1 cm³/mol. The van der Waals surface area contributed by atoms with Gasteiger partial charge in [-0.1, -0.05) is 45.4 Å². The smallest absolute Gasteiger partial charge is 0.124 e. The summed E-state index contributed by atoms with van der Waals surface area (Å²) >= 11 is 0. The highest BCUT2D eigenvalue weighted by Crippen LogP contribution is 2.60. The number of hydrogen-bond donors (Lipinski definition) is 1. The molecule has 1 aliphatic heterocycles. The van der Waals surface area contributed by atoms with Crippen LogP contribution in [-0.4, -0.2) is 33.3 Å². The largest absolute Gasteiger partial charge is 0.375 e. The molecule has 0 amide bonds. The van der Waals surface area contributed by atoms with E-state index in [1.54, 1.807) is 0 Å². The van der Waals surface area contributed by atoms with Crippen molar-refractivity contribution in [1.29, 1.82) is 0 Å². The number of nitrogens with one attached hydrogen (secondary N) is 1. The van der Waals surface area contributed by atoms with E-state index >= 15 is 0 Å². The number of fused-ring (bicyclic) bond motifs is 3. The van der Waals surface area contributed by atoms with Gasteiger partial charge in [0.15, 0.2) is 0 Å². The van der Waals surface area contributed by atoms with Gasteiger partial charge in [0, 0.05) is 24.7 Å². The number of nitrogens with zero attached hydrogens (tertiary/aromatic N) is 1. The van der Waals surface area contributed by atoms with Crippen molar-refractivity contribution in [3.8, 4) is 0 Å². The van der Waals surface area contributed by atoms with Crippen LogP contribution >= 0.6 is 0 Å². The van der Waals surface area contributed by atoms with Crippen LogP contribution in [0.4, 0.5) is 0 Å². The molecular formula is C17H32N2Si. The van der Waals surface area contributed by atoms with Gasteiger partial charge in [-0.25, -0.2) is 0 Å². The molecule has 0 aromatic carbocycles. The summed E-state index contributed by atoms with van der Waals surface area (Å²) in [5, 5.41) is 0. The van der Waals surface area contributed by atoms with E-state index in [2.05, 4.69) is 57.0 Å². The molecule has 3 heteroatoms. The quantitative estimate of drug-likeness (QED) is 0.781. The van der Waals surface area contributed by atoms with Gasteiger partial charge in [0.25, 0.3) is 0 Å². The molecule has 3 rings (SSSR count). The first-order valence-electron chi connectivity index (χ1n) is 8.48. The van der Waals surface area contributed by atoms with Gasteiger partial charge in [-0.3, -0.25) is 0 Å². The summed E-state index contributed by atoms with van der Waals surface area (Å²) in [6.45, 7) is 9.94. The third-order valence-corrected chi connectivity index (χ3v) is 10.7. The first-order valence-corrected chi connectivity index (χ1v) is 11.6. The van der Waals surface area contributed by atoms with Crippen molar-refractivity contribution < 1.29 is 0 Å². The van der Waals surface area contributed by atoms with Crippen molar-refractivity contribution >= 4 is 8.24 Å². The molecule has 0 spiro atoms. The Morgan fingerprint density at radius 1 is 1.30 bits per heavy atom. The third kappa shape index (κ3) is 1.92. The Bertz CT molecular complexity index is 417. The first-order chi connectivity index (χ1) is 9.38. The van der Waals surface area contributed by atoms with Gasteiger partial charge < -0.3 is 9.88 Å². The second-order valence-electron chi connectivity index (χ2n) is 8.13.